The van der Waals surface area contributed by atoms with Gasteiger partial charge in [-0.2, -0.15) is 13.2 Å². The van der Waals surface area contributed by atoms with E-state index in [-0.39, 0.29) is 12.6 Å². The van der Waals surface area contributed by atoms with Gasteiger partial charge in [-0.15, -0.1) is 0 Å². The van der Waals surface area contributed by atoms with Crippen LogP contribution >= 0.6 is 0 Å². The van der Waals surface area contributed by atoms with Gasteiger partial charge in [0, 0.05) is 11.6 Å². The highest BCUT2D eigenvalue weighted by molar-refractivity contribution is 5.35. The lowest BCUT2D eigenvalue weighted by Crippen LogP contribution is -2.19. The molecule has 0 aliphatic rings. The zero-order valence-electron chi connectivity index (χ0n) is 10.6. The van der Waals surface area contributed by atoms with E-state index in [1.54, 1.807) is 12.1 Å². The van der Waals surface area contributed by atoms with Gasteiger partial charge in [0.05, 0.1) is 13.0 Å². The maximum Gasteiger partial charge on any atom is 0.392 e. The smallest absolute Gasteiger partial charge is 0.392 e. The van der Waals surface area contributed by atoms with Gasteiger partial charge in [-0.05, 0) is 19.5 Å². The summed E-state index contributed by atoms with van der Waals surface area (Å²) in [5.41, 5.74) is 0.876. The Balaban J connectivity index is 2.64. The second kappa shape index (κ2) is 6.64. The fraction of sp³-hybridized carbons (Fsp3) is 0.538. The van der Waals surface area contributed by atoms with Crippen molar-refractivity contribution in [3.8, 4) is 5.75 Å². The van der Waals surface area contributed by atoms with E-state index in [0.717, 1.165) is 12.1 Å². The van der Waals surface area contributed by atoms with E-state index in [2.05, 4.69) is 5.32 Å². The number of nitrogens with one attached hydrogen (secondary N) is 1. The van der Waals surface area contributed by atoms with Gasteiger partial charge in [0.1, 0.15) is 5.75 Å². The lowest BCUT2D eigenvalue weighted by Gasteiger charge is -2.17. The molecule has 0 radical (unpaired) electrons. The second-order valence-corrected chi connectivity index (χ2v) is 4.03. The van der Waals surface area contributed by atoms with E-state index >= 15 is 0 Å². The van der Waals surface area contributed by atoms with Crippen molar-refractivity contribution in [1.29, 1.82) is 0 Å². The fourth-order valence-electron chi connectivity index (χ4n) is 1.66. The van der Waals surface area contributed by atoms with Gasteiger partial charge in [0.15, 0.2) is 0 Å². The van der Waals surface area contributed by atoms with Gasteiger partial charge in [-0.3, -0.25) is 0 Å². The molecule has 2 nitrogen and oxygen atoms in total. The second-order valence-electron chi connectivity index (χ2n) is 4.03. The number of hydrogen-bond acceptors (Lipinski definition) is 2. The Morgan fingerprint density at radius 1 is 1.28 bits per heavy atom. The quantitative estimate of drug-likeness (QED) is 0.843. The molecule has 1 N–H and O–H groups in total. The van der Waals surface area contributed by atoms with Gasteiger partial charge < -0.3 is 10.1 Å². The molecule has 0 fully saturated rings. The Kier molecular flexibility index (Phi) is 5.47. The standard InChI is InChI=1S/C13H18F3NO/c1-3-17-10(2)11-6-4-5-7-12(11)18-9-8-13(14,15)16/h4-7,10,17H,3,8-9H2,1-2H3. The van der Waals surface area contributed by atoms with Crippen molar-refractivity contribution >= 4 is 0 Å². The highest BCUT2D eigenvalue weighted by Gasteiger charge is 2.27. The van der Waals surface area contributed by atoms with Crippen LogP contribution in [0.5, 0.6) is 5.75 Å². The molecule has 18 heavy (non-hydrogen) atoms. The summed E-state index contributed by atoms with van der Waals surface area (Å²) < 4.78 is 41.4. The maximum atomic E-state index is 12.0. The van der Waals surface area contributed by atoms with Crippen molar-refractivity contribution in [2.24, 2.45) is 0 Å². The number of hydrogen-bond donors (Lipinski definition) is 1. The number of para-hydroxylation sites is 1. The first-order chi connectivity index (χ1) is 8.44. The molecule has 1 rings (SSSR count). The largest absolute Gasteiger partial charge is 0.493 e. The molecule has 1 unspecified atom stereocenters. The Morgan fingerprint density at radius 3 is 2.56 bits per heavy atom. The van der Waals surface area contributed by atoms with Crippen LogP contribution < -0.4 is 10.1 Å². The minimum atomic E-state index is -4.18. The number of ether oxygens (including phenoxy) is 1. The Bertz CT molecular complexity index is 365. The van der Waals surface area contributed by atoms with E-state index in [0.29, 0.717) is 5.75 Å². The summed E-state index contributed by atoms with van der Waals surface area (Å²) in [6.45, 7) is 4.37. The van der Waals surface area contributed by atoms with Gasteiger partial charge >= 0.3 is 6.18 Å². The van der Waals surface area contributed by atoms with Crippen LogP contribution in [0.4, 0.5) is 13.2 Å². The van der Waals surface area contributed by atoms with Gasteiger partial charge in [-0.25, -0.2) is 0 Å². The average Bonchev–Trinajstić information content (AvgIpc) is 2.28. The van der Waals surface area contributed by atoms with Crippen molar-refractivity contribution < 1.29 is 17.9 Å². The molecule has 0 amide bonds. The van der Waals surface area contributed by atoms with E-state index in [1.807, 2.05) is 26.0 Å². The summed E-state index contributed by atoms with van der Waals surface area (Å²) in [5.74, 6) is 0.509. The Labute approximate surface area is 105 Å². The third-order valence-corrected chi connectivity index (χ3v) is 2.54. The first-order valence-corrected chi connectivity index (χ1v) is 5.96. The van der Waals surface area contributed by atoms with E-state index in [4.69, 9.17) is 4.74 Å². The van der Waals surface area contributed by atoms with Crippen LogP contribution in [0, 0.1) is 0 Å². The molecular weight excluding hydrogens is 243 g/mol. The SMILES string of the molecule is CCNC(C)c1ccccc1OCCC(F)(F)F. The summed E-state index contributed by atoms with van der Waals surface area (Å²) in [6, 6.07) is 7.21. The first kappa shape index (κ1) is 14.8. The van der Waals surface area contributed by atoms with Crippen molar-refractivity contribution in [3.63, 3.8) is 0 Å². The lowest BCUT2D eigenvalue weighted by molar-refractivity contribution is -0.139. The van der Waals surface area contributed by atoms with Crippen molar-refractivity contribution in [2.75, 3.05) is 13.2 Å². The van der Waals surface area contributed by atoms with Crippen LogP contribution in [-0.2, 0) is 0 Å². The molecule has 102 valence electrons. The van der Waals surface area contributed by atoms with Crippen LogP contribution in [-0.4, -0.2) is 19.3 Å². The summed E-state index contributed by atoms with van der Waals surface area (Å²) in [6.07, 6.45) is -5.11. The summed E-state index contributed by atoms with van der Waals surface area (Å²) in [4.78, 5) is 0. The fourth-order valence-corrected chi connectivity index (χ4v) is 1.66. The molecule has 0 aromatic heterocycles. The van der Waals surface area contributed by atoms with Crippen LogP contribution in [0.15, 0.2) is 24.3 Å². The van der Waals surface area contributed by atoms with Crippen LogP contribution in [0.1, 0.15) is 31.9 Å². The zero-order chi connectivity index (χ0) is 13.6. The maximum absolute atomic E-state index is 12.0. The summed E-state index contributed by atoms with van der Waals surface area (Å²) in [7, 11) is 0. The third kappa shape index (κ3) is 4.96. The number of benzene rings is 1. The predicted octanol–water partition coefficient (Wildman–Crippen LogP) is 3.69. The molecule has 1 atom stereocenters. The minimum absolute atomic E-state index is 0.0529. The zero-order valence-corrected chi connectivity index (χ0v) is 10.6. The summed E-state index contributed by atoms with van der Waals surface area (Å²) in [5, 5.41) is 3.21. The summed E-state index contributed by atoms with van der Waals surface area (Å²) >= 11 is 0. The van der Waals surface area contributed by atoms with Gasteiger partial charge in [0.25, 0.3) is 0 Å². The molecule has 0 aliphatic carbocycles. The van der Waals surface area contributed by atoms with Gasteiger partial charge in [-0.1, -0.05) is 25.1 Å². The number of halogens is 3. The lowest BCUT2D eigenvalue weighted by atomic mass is 10.1. The normalized spacial score (nSPS) is 13.4. The molecular formula is C13H18F3NO. The van der Waals surface area contributed by atoms with Crippen LogP contribution in [0.2, 0.25) is 0 Å². The van der Waals surface area contributed by atoms with Crippen LogP contribution in [0.3, 0.4) is 0 Å². The molecule has 0 saturated heterocycles. The Hall–Kier alpha value is -1.23. The van der Waals surface area contributed by atoms with Gasteiger partial charge in [0.2, 0.25) is 0 Å². The van der Waals surface area contributed by atoms with E-state index < -0.39 is 12.6 Å². The Morgan fingerprint density at radius 2 is 1.94 bits per heavy atom. The number of alkyl halides is 3. The topological polar surface area (TPSA) is 21.3 Å². The molecule has 0 bridgehead atoms. The molecule has 1 aromatic carbocycles. The van der Waals surface area contributed by atoms with Crippen molar-refractivity contribution in [3.05, 3.63) is 29.8 Å². The number of rotatable bonds is 6. The molecule has 5 heteroatoms. The molecule has 0 heterocycles. The highest BCUT2D eigenvalue weighted by atomic mass is 19.4. The molecule has 0 spiro atoms. The highest BCUT2D eigenvalue weighted by Crippen LogP contribution is 2.26. The first-order valence-electron chi connectivity index (χ1n) is 5.96. The van der Waals surface area contributed by atoms with Crippen molar-refractivity contribution in [2.45, 2.75) is 32.5 Å². The molecule has 0 saturated carbocycles. The molecule has 0 aliphatic heterocycles. The van der Waals surface area contributed by atoms with Crippen LogP contribution in [0.25, 0.3) is 0 Å². The average molecular weight is 261 g/mol. The molecule has 1 aromatic rings. The van der Waals surface area contributed by atoms with Crippen molar-refractivity contribution in [1.82, 2.24) is 5.32 Å². The van der Waals surface area contributed by atoms with E-state index in [1.165, 1.54) is 0 Å². The minimum Gasteiger partial charge on any atom is -0.493 e. The monoisotopic (exact) mass is 261 g/mol. The predicted molar refractivity (Wildman–Crippen MR) is 64.7 cm³/mol. The third-order valence-electron chi connectivity index (χ3n) is 2.54. The van der Waals surface area contributed by atoms with E-state index in [9.17, 15) is 13.2 Å².